The van der Waals surface area contributed by atoms with Crippen molar-refractivity contribution in [1.29, 1.82) is 0 Å². The Morgan fingerprint density at radius 2 is 1.03 bits per heavy atom. The quantitative estimate of drug-likeness (QED) is 0.0932. The summed E-state index contributed by atoms with van der Waals surface area (Å²) in [5.41, 5.74) is 7.43. The van der Waals surface area contributed by atoms with Gasteiger partial charge < -0.3 is 18.9 Å². The van der Waals surface area contributed by atoms with Crippen molar-refractivity contribution in [2.45, 2.75) is 26.4 Å². The van der Waals surface area contributed by atoms with E-state index in [1.807, 2.05) is 158 Å². The number of para-hydroxylation sites is 4. The Labute approximate surface area is 382 Å². The number of pyridine rings is 2. The van der Waals surface area contributed by atoms with Crippen molar-refractivity contribution in [2.75, 3.05) is 0 Å². The highest BCUT2D eigenvalue weighted by atomic mass is 16.5. The van der Waals surface area contributed by atoms with Crippen LogP contribution in [0, 0.1) is 0 Å². The predicted octanol–water partition coefficient (Wildman–Crippen LogP) is 8.35. The zero-order chi connectivity index (χ0) is 45.3. The first kappa shape index (κ1) is 42.8. The molecule has 6 aromatic carbocycles. The van der Waals surface area contributed by atoms with Gasteiger partial charge in [-0.2, -0.15) is 0 Å². The zero-order valence-corrected chi connectivity index (χ0v) is 35.6. The number of hydrogen-bond acceptors (Lipinski definition) is 15. The summed E-state index contributed by atoms with van der Waals surface area (Å²) in [6, 6.07) is 55.1. The van der Waals surface area contributed by atoms with Gasteiger partial charge in [0, 0.05) is 33.5 Å². The Hall–Kier alpha value is -9.45. The third kappa shape index (κ3) is 11.8. The average Bonchev–Trinajstić information content (AvgIpc) is 4.25. The lowest BCUT2D eigenvalue weighted by molar-refractivity contribution is 0.254. The van der Waals surface area contributed by atoms with E-state index in [-0.39, 0.29) is 0 Å². The first-order chi connectivity index (χ1) is 33.2. The highest BCUT2D eigenvalue weighted by Crippen LogP contribution is 2.30. The fourth-order valence-electron chi connectivity index (χ4n) is 6.72. The first-order valence-electron chi connectivity index (χ1n) is 20.9. The third-order valence-electron chi connectivity index (χ3n) is 9.95. The van der Waals surface area contributed by atoms with E-state index in [2.05, 4.69) is 84.0 Å². The van der Waals surface area contributed by atoms with Crippen molar-refractivity contribution in [2.24, 2.45) is 0 Å². The van der Waals surface area contributed by atoms with Gasteiger partial charge in [0.15, 0.2) is 23.1 Å². The van der Waals surface area contributed by atoms with Gasteiger partial charge in [-0.25, -0.2) is 25.3 Å². The van der Waals surface area contributed by atoms with Crippen molar-refractivity contribution in [3.05, 3.63) is 199 Å². The SMILES string of the molecule is c1cc(OCc2cccc(-c3nnn[nH]3)c2)cc(OCc2ccc3ccccc3n2)c1.c1ccc(-c2nnn[nH]2)c(COc2ccccc2OCc2ccc3ccccc3n2)c1.c1nnn[nH]1. The first-order valence-corrected chi connectivity index (χ1v) is 20.9. The van der Waals surface area contributed by atoms with Crippen LogP contribution in [0.1, 0.15) is 22.5 Å². The van der Waals surface area contributed by atoms with E-state index >= 15 is 0 Å². The smallest absolute Gasteiger partial charge is 0.179 e. The maximum absolute atomic E-state index is 6.09. The molecule has 0 spiro atoms. The highest BCUT2D eigenvalue weighted by Gasteiger charge is 2.12. The number of H-pyrrole nitrogens is 3. The minimum Gasteiger partial charge on any atom is -0.489 e. The van der Waals surface area contributed by atoms with Crippen LogP contribution in [0.15, 0.2) is 176 Å². The van der Waals surface area contributed by atoms with Crippen LogP contribution in [0.25, 0.3) is 44.6 Å². The number of aromatic nitrogens is 14. The maximum Gasteiger partial charge on any atom is 0.179 e. The fourth-order valence-corrected chi connectivity index (χ4v) is 6.72. The second kappa shape index (κ2) is 21.8. The highest BCUT2D eigenvalue weighted by molar-refractivity contribution is 5.79. The van der Waals surface area contributed by atoms with Crippen molar-refractivity contribution in [3.8, 4) is 45.8 Å². The van der Waals surface area contributed by atoms with Crippen LogP contribution in [0.5, 0.6) is 23.0 Å². The maximum atomic E-state index is 6.09. The van der Waals surface area contributed by atoms with Crippen LogP contribution in [0.2, 0.25) is 0 Å². The third-order valence-corrected chi connectivity index (χ3v) is 9.95. The molecule has 5 heterocycles. The number of hydrogen-bond donors (Lipinski definition) is 3. The van der Waals surface area contributed by atoms with Gasteiger partial charge in [-0.05, 0) is 91.4 Å². The second-order valence-electron chi connectivity index (χ2n) is 14.5. The molecule has 18 nitrogen and oxygen atoms in total. The lowest BCUT2D eigenvalue weighted by Crippen LogP contribution is -2.02. The van der Waals surface area contributed by atoms with E-state index in [9.17, 15) is 0 Å². The molecular formula is C49H40N14O4. The number of benzene rings is 6. The van der Waals surface area contributed by atoms with Crippen molar-refractivity contribution < 1.29 is 18.9 Å². The molecule has 3 N–H and O–H groups in total. The van der Waals surface area contributed by atoms with Gasteiger partial charge >= 0.3 is 0 Å². The number of nitrogens with zero attached hydrogens (tertiary/aromatic N) is 11. The molecule has 0 amide bonds. The van der Waals surface area contributed by atoms with Gasteiger partial charge in [0.05, 0.1) is 22.4 Å². The Morgan fingerprint density at radius 3 is 1.67 bits per heavy atom. The van der Waals surface area contributed by atoms with Crippen LogP contribution in [-0.4, -0.2) is 71.8 Å². The van der Waals surface area contributed by atoms with Crippen LogP contribution in [0.3, 0.4) is 0 Å². The second-order valence-corrected chi connectivity index (χ2v) is 14.5. The Balaban J connectivity index is 0.000000152. The molecule has 11 rings (SSSR count). The number of aromatic amines is 3. The molecule has 330 valence electrons. The van der Waals surface area contributed by atoms with Crippen LogP contribution >= 0.6 is 0 Å². The molecule has 67 heavy (non-hydrogen) atoms. The summed E-state index contributed by atoms with van der Waals surface area (Å²) in [7, 11) is 0. The van der Waals surface area contributed by atoms with Crippen molar-refractivity contribution >= 4 is 21.8 Å². The summed E-state index contributed by atoms with van der Waals surface area (Å²) >= 11 is 0. The number of rotatable bonds is 14. The van der Waals surface area contributed by atoms with Crippen LogP contribution < -0.4 is 18.9 Å². The lowest BCUT2D eigenvalue weighted by atomic mass is 10.1. The lowest BCUT2D eigenvalue weighted by Gasteiger charge is -2.14. The molecule has 0 saturated carbocycles. The van der Waals surface area contributed by atoms with Gasteiger partial charge in [-0.3, -0.25) is 0 Å². The minimum absolute atomic E-state index is 0.353. The summed E-state index contributed by atoms with van der Waals surface area (Å²) in [4.78, 5) is 9.31. The minimum atomic E-state index is 0.353. The normalized spacial score (nSPS) is 10.6. The average molecular weight is 889 g/mol. The van der Waals surface area contributed by atoms with E-state index in [0.29, 0.717) is 49.6 Å². The predicted molar refractivity (Wildman–Crippen MR) is 247 cm³/mol. The van der Waals surface area contributed by atoms with Crippen molar-refractivity contribution in [3.63, 3.8) is 0 Å². The zero-order valence-electron chi connectivity index (χ0n) is 35.6. The molecule has 0 saturated heterocycles. The number of ether oxygens (including phenoxy) is 4. The molecule has 0 bridgehead atoms. The molecule has 18 heteroatoms. The molecular weight excluding hydrogens is 849 g/mol. The summed E-state index contributed by atoms with van der Waals surface area (Å²) in [6.45, 7) is 1.52. The molecule has 0 aliphatic rings. The molecule has 0 aliphatic heterocycles. The van der Waals surface area contributed by atoms with E-state index in [1.165, 1.54) is 6.33 Å². The largest absolute Gasteiger partial charge is 0.489 e. The molecule has 0 aliphatic carbocycles. The number of fused-ring (bicyclic) bond motifs is 2. The van der Waals surface area contributed by atoms with E-state index in [1.54, 1.807) is 0 Å². The van der Waals surface area contributed by atoms with Gasteiger partial charge in [0.2, 0.25) is 0 Å². The summed E-state index contributed by atoms with van der Waals surface area (Å²) in [5, 5.41) is 42.4. The van der Waals surface area contributed by atoms with E-state index in [0.717, 1.165) is 66.9 Å². The molecule has 11 aromatic rings. The summed E-state index contributed by atoms with van der Waals surface area (Å²) in [6.07, 6.45) is 1.40. The molecule has 0 radical (unpaired) electrons. The molecule has 0 unspecified atom stereocenters. The summed E-state index contributed by atoms with van der Waals surface area (Å²) < 4.78 is 24.0. The Morgan fingerprint density at radius 1 is 0.433 bits per heavy atom. The van der Waals surface area contributed by atoms with Crippen LogP contribution in [0.4, 0.5) is 0 Å². The fraction of sp³-hybridized carbons (Fsp3) is 0.0816. The Bertz CT molecular complexity index is 3230. The van der Waals surface area contributed by atoms with Gasteiger partial charge in [-0.15, -0.1) is 15.3 Å². The molecule has 5 aromatic heterocycles. The number of nitrogens with one attached hydrogen (secondary N) is 3. The van der Waals surface area contributed by atoms with Crippen molar-refractivity contribution in [1.82, 2.24) is 71.8 Å². The molecule has 0 fully saturated rings. The van der Waals surface area contributed by atoms with E-state index < -0.39 is 0 Å². The monoisotopic (exact) mass is 888 g/mol. The van der Waals surface area contributed by atoms with Gasteiger partial charge in [-0.1, -0.05) is 109 Å². The Kier molecular flexibility index (Phi) is 13.9. The van der Waals surface area contributed by atoms with Crippen LogP contribution in [-0.2, 0) is 26.4 Å². The summed E-state index contributed by atoms with van der Waals surface area (Å²) in [5.74, 6) is 4.01. The topological polar surface area (TPSA) is 226 Å². The number of tetrazole rings is 3. The van der Waals surface area contributed by atoms with Gasteiger partial charge in [0.1, 0.15) is 44.3 Å². The van der Waals surface area contributed by atoms with E-state index in [4.69, 9.17) is 18.9 Å². The standard InChI is InChI=1S/2C24H19N5O2.CH2N4/c1-3-9-20(24-26-28-29-27-24)18(8-1)15-30-22-11-5-6-12-23(22)31-16-19-14-13-17-7-2-4-10-21(17)25-19;1-2-10-23-18(6-1)11-12-20(25-23)16-31-22-9-4-8-21(14-22)30-15-17-5-3-7-19(13-17)24-26-28-29-27-24;1-2-4-5-3-1/h2*1-14H,15-16H2,(H,26,27,28,29);1H,(H,2,3,4,5). The van der Waals surface area contributed by atoms with Gasteiger partial charge in [0.25, 0.3) is 0 Å². The molecule has 0 atom stereocenters.